The second-order valence-electron chi connectivity index (χ2n) is 9.01. The molecular formula is C18H30N2O. The molecule has 0 aromatic rings. The van der Waals surface area contributed by atoms with Gasteiger partial charge in [-0.15, -0.1) is 0 Å². The predicted octanol–water partition coefficient (Wildman–Crippen LogP) is 2.05. The van der Waals surface area contributed by atoms with E-state index in [2.05, 4.69) is 10.6 Å². The van der Waals surface area contributed by atoms with Crippen LogP contribution in [0, 0.1) is 23.7 Å². The SMILES string of the molecule is OC12CC3CC(C1)C(NCC(NC1CC1)C1CC1)C(C3)C2. The van der Waals surface area contributed by atoms with Crippen molar-refractivity contribution in [3.05, 3.63) is 0 Å². The quantitative estimate of drug-likeness (QED) is 0.701. The van der Waals surface area contributed by atoms with Crippen LogP contribution in [0.15, 0.2) is 0 Å². The maximum absolute atomic E-state index is 10.7. The standard InChI is InChI=1S/C18H30N2O/c21-18-7-11-5-13(8-18)17(14(6-11)9-18)19-10-16(12-1-2-12)20-15-3-4-15/h11-17,19-21H,1-10H2. The van der Waals surface area contributed by atoms with E-state index in [-0.39, 0.29) is 5.60 Å². The Balaban J connectivity index is 1.22. The third kappa shape index (κ3) is 2.55. The Kier molecular flexibility index (Phi) is 2.98. The predicted molar refractivity (Wildman–Crippen MR) is 83.0 cm³/mol. The lowest BCUT2D eigenvalue weighted by atomic mass is 9.52. The van der Waals surface area contributed by atoms with Gasteiger partial charge in [0.05, 0.1) is 5.60 Å². The van der Waals surface area contributed by atoms with Gasteiger partial charge in [0.25, 0.3) is 0 Å². The third-order valence-corrected chi connectivity index (χ3v) is 7.03. The highest BCUT2D eigenvalue weighted by Gasteiger charge is 2.54. The Hall–Kier alpha value is -0.120. The van der Waals surface area contributed by atoms with Crippen LogP contribution in [-0.4, -0.2) is 35.4 Å². The van der Waals surface area contributed by atoms with Gasteiger partial charge < -0.3 is 15.7 Å². The van der Waals surface area contributed by atoms with E-state index in [0.717, 1.165) is 55.0 Å². The number of hydrogen-bond donors (Lipinski definition) is 3. The average molecular weight is 290 g/mol. The van der Waals surface area contributed by atoms with Crippen LogP contribution >= 0.6 is 0 Å². The smallest absolute Gasteiger partial charge is 0.0657 e. The van der Waals surface area contributed by atoms with Gasteiger partial charge in [-0.3, -0.25) is 0 Å². The lowest BCUT2D eigenvalue weighted by Crippen LogP contribution is -2.62. The lowest BCUT2D eigenvalue weighted by Gasteiger charge is -2.58. The molecule has 6 aliphatic rings. The Morgan fingerprint density at radius 2 is 1.71 bits per heavy atom. The van der Waals surface area contributed by atoms with Crippen LogP contribution in [0.5, 0.6) is 0 Å². The Morgan fingerprint density at radius 3 is 2.29 bits per heavy atom. The van der Waals surface area contributed by atoms with Crippen molar-refractivity contribution in [2.24, 2.45) is 23.7 Å². The molecule has 4 bridgehead atoms. The zero-order valence-corrected chi connectivity index (χ0v) is 13.1. The molecule has 0 aromatic heterocycles. The van der Waals surface area contributed by atoms with Crippen LogP contribution in [-0.2, 0) is 0 Å². The van der Waals surface area contributed by atoms with Crippen LogP contribution < -0.4 is 10.6 Å². The van der Waals surface area contributed by atoms with Crippen molar-refractivity contribution in [2.45, 2.75) is 81.5 Å². The van der Waals surface area contributed by atoms with Gasteiger partial charge in [-0.05, 0) is 81.5 Å². The van der Waals surface area contributed by atoms with Crippen LogP contribution in [0.4, 0.5) is 0 Å². The fourth-order valence-corrected chi connectivity index (χ4v) is 5.99. The number of hydrogen-bond acceptors (Lipinski definition) is 3. The normalized spacial score (nSPS) is 49.6. The summed E-state index contributed by atoms with van der Waals surface area (Å²) in [5, 5.41) is 18.5. The zero-order chi connectivity index (χ0) is 14.0. The van der Waals surface area contributed by atoms with Crippen molar-refractivity contribution >= 4 is 0 Å². The van der Waals surface area contributed by atoms with Crippen molar-refractivity contribution in [1.82, 2.24) is 10.6 Å². The van der Waals surface area contributed by atoms with E-state index in [4.69, 9.17) is 0 Å². The first kappa shape index (κ1) is 13.3. The number of nitrogens with one attached hydrogen (secondary N) is 2. The zero-order valence-electron chi connectivity index (χ0n) is 13.1. The van der Waals surface area contributed by atoms with Gasteiger partial charge in [-0.1, -0.05) is 0 Å². The number of aliphatic hydroxyl groups is 1. The van der Waals surface area contributed by atoms with Gasteiger partial charge in [0, 0.05) is 24.7 Å². The van der Waals surface area contributed by atoms with Gasteiger partial charge >= 0.3 is 0 Å². The summed E-state index contributed by atoms with van der Waals surface area (Å²) in [7, 11) is 0. The third-order valence-electron chi connectivity index (χ3n) is 7.03. The Morgan fingerprint density at radius 1 is 1.00 bits per heavy atom. The summed E-state index contributed by atoms with van der Waals surface area (Å²) in [5.74, 6) is 3.28. The van der Waals surface area contributed by atoms with Crippen molar-refractivity contribution in [3.8, 4) is 0 Å². The monoisotopic (exact) mass is 290 g/mol. The molecule has 6 rings (SSSR count). The van der Waals surface area contributed by atoms with E-state index >= 15 is 0 Å². The molecule has 3 unspecified atom stereocenters. The summed E-state index contributed by atoms with van der Waals surface area (Å²) in [6, 6.07) is 2.25. The van der Waals surface area contributed by atoms with Crippen LogP contribution in [0.1, 0.15) is 57.8 Å². The molecule has 0 heterocycles. The first-order valence-corrected chi connectivity index (χ1v) is 9.40. The summed E-state index contributed by atoms with van der Waals surface area (Å²) in [5.41, 5.74) is -0.281. The van der Waals surface area contributed by atoms with Gasteiger partial charge in [-0.25, -0.2) is 0 Å². The summed E-state index contributed by atoms with van der Waals surface area (Å²) in [4.78, 5) is 0. The maximum Gasteiger partial charge on any atom is 0.0657 e. The molecule has 3 N–H and O–H groups in total. The molecule has 6 fully saturated rings. The first-order valence-electron chi connectivity index (χ1n) is 9.40. The molecule has 0 radical (unpaired) electrons. The summed E-state index contributed by atoms with van der Waals surface area (Å²) in [6.45, 7) is 1.17. The van der Waals surface area contributed by atoms with Gasteiger partial charge in [-0.2, -0.15) is 0 Å². The highest BCUT2D eigenvalue weighted by atomic mass is 16.3. The minimum absolute atomic E-state index is 0.281. The Labute approximate surface area is 128 Å². The molecule has 0 spiro atoms. The van der Waals surface area contributed by atoms with Gasteiger partial charge in [0.1, 0.15) is 0 Å². The van der Waals surface area contributed by atoms with Gasteiger partial charge in [0.2, 0.25) is 0 Å². The molecule has 0 saturated heterocycles. The van der Waals surface area contributed by atoms with Crippen molar-refractivity contribution in [3.63, 3.8) is 0 Å². The van der Waals surface area contributed by atoms with E-state index in [1.54, 1.807) is 0 Å². The molecular weight excluding hydrogens is 260 g/mol. The van der Waals surface area contributed by atoms with Crippen molar-refractivity contribution < 1.29 is 5.11 Å². The minimum Gasteiger partial charge on any atom is -0.390 e. The van der Waals surface area contributed by atoms with E-state index in [1.165, 1.54) is 45.1 Å². The minimum atomic E-state index is -0.281. The van der Waals surface area contributed by atoms with Gasteiger partial charge in [0.15, 0.2) is 0 Å². The lowest BCUT2D eigenvalue weighted by molar-refractivity contribution is -0.138. The van der Waals surface area contributed by atoms with Crippen LogP contribution in [0.25, 0.3) is 0 Å². The molecule has 6 aliphatic carbocycles. The molecule has 3 atom stereocenters. The topological polar surface area (TPSA) is 44.3 Å². The first-order chi connectivity index (χ1) is 10.2. The van der Waals surface area contributed by atoms with E-state index in [9.17, 15) is 5.11 Å². The fraction of sp³-hybridized carbons (Fsp3) is 1.00. The molecule has 0 aromatic carbocycles. The highest BCUT2D eigenvalue weighted by molar-refractivity contribution is 5.08. The second-order valence-corrected chi connectivity index (χ2v) is 9.01. The van der Waals surface area contributed by atoms with Crippen LogP contribution in [0.3, 0.4) is 0 Å². The second kappa shape index (κ2) is 4.69. The van der Waals surface area contributed by atoms with E-state index < -0.39 is 0 Å². The van der Waals surface area contributed by atoms with Crippen molar-refractivity contribution in [2.75, 3.05) is 6.54 Å². The molecule has 6 saturated carbocycles. The summed E-state index contributed by atoms with van der Waals surface area (Å²) >= 11 is 0. The summed E-state index contributed by atoms with van der Waals surface area (Å²) < 4.78 is 0. The molecule has 118 valence electrons. The molecule has 0 amide bonds. The largest absolute Gasteiger partial charge is 0.390 e. The van der Waals surface area contributed by atoms with E-state index in [0.29, 0.717) is 6.04 Å². The van der Waals surface area contributed by atoms with E-state index in [1.807, 2.05) is 0 Å². The average Bonchev–Trinajstić information content (AvgIpc) is 3.28. The molecule has 3 heteroatoms. The van der Waals surface area contributed by atoms with Crippen molar-refractivity contribution in [1.29, 1.82) is 0 Å². The summed E-state index contributed by atoms with van der Waals surface area (Å²) in [6.07, 6.45) is 11.7. The fourth-order valence-electron chi connectivity index (χ4n) is 5.99. The molecule has 21 heavy (non-hydrogen) atoms. The molecule has 3 nitrogen and oxygen atoms in total. The number of rotatable bonds is 6. The maximum atomic E-state index is 10.7. The Bertz CT molecular complexity index is 401. The molecule has 0 aliphatic heterocycles. The highest BCUT2D eigenvalue weighted by Crippen LogP contribution is 2.55. The van der Waals surface area contributed by atoms with Crippen LogP contribution in [0.2, 0.25) is 0 Å².